The van der Waals surface area contributed by atoms with Crippen molar-refractivity contribution in [3.63, 3.8) is 0 Å². The zero-order valence-corrected chi connectivity index (χ0v) is 11.2. The van der Waals surface area contributed by atoms with Gasteiger partial charge in [0.2, 0.25) is 0 Å². The number of carbonyl (C=O) groups is 2. The standard InChI is InChI=1S/C14H15F2NO4/c15-14(16,12(18)19)11-6-7-17(8-11)13(20)21-9-10-4-2-1-3-5-10/h1-5,11H,6-9H2,(H,18,19). The summed E-state index contributed by atoms with van der Waals surface area (Å²) in [6, 6.07) is 8.96. The van der Waals surface area contributed by atoms with Crippen molar-refractivity contribution in [1.29, 1.82) is 0 Å². The first-order valence-electron chi connectivity index (χ1n) is 6.48. The van der Waals surface area contributed by atoms with Gasteiger partial charge < -0.3 is 14.7 Å². The molecule has 1 fully saturated rings. The van der Waals surface area contributed by atoms with Crippen LogP contribution in [0.25, 0.3) is 0 Å². The van der Waals surface area contributed by atoms with Gasteiger partial charge in [-0.15, -0.1) is 0 Å². The van der Waals surface area contributed by atoms with Gasteiger partial charge in [-0.05, 0) is 12.0 Å². The van der Waals surface area contributed by atoms with Gasteiger partial charge in [-0.25, -0.2) is 9.59 Å². The summed E-state index contributed by atoms with van der Waals surface area (Å²) in [5.74, 6) is -7.36. The normalized spacial score (nSPS) is 18.6. The third kappa shape index (κ3) is 3.48. The van der Waals surface area contributed by atoms with Gasteiger partial charge in [0.15, 0.2) is 0 Å². The van der Waals surface area contributed by atoms with E-state index in [-0.39, 0.29) is 26.1 Å². The third-order valence-electron chi connectivity index (χ3n) is 3.45. The van der Waals surface area contributed by atoms with Crippen LogP contribution < -0.4 is 0 Å². The molecule has 1 atom stereocenters. The van der Waals surface area contributed by atoms with Crippen molar-refractivity contribution in [3.05, 3.63) is 35.9 Å². The second kappa shape index (κ2) is 6.07. The molecule has 1 unspecified atom stereocenters. The minimum Gasteiger partial charge on any atom is -0.477 e. The van der Waals surface area contributed by atoms with Crippen molar-refractivity contribution in [3.8, 4) is 0 Å². The van der Waals surface area contributed by atoms with E-state index in [1.807, 2.05) is 6.07 Å². The maximum absolute atomic E-state index is 13.4. The molecule has 2 rings (SSSR count). The zero-order chi connectivity index (χ0) is 15.5. The first-order valence-corrected chi connectivity index (χ1v) is 6.48. The number of halogens is 2. The molecule has 5 nitrogen and oxygen atoms in total. The second-order valence-corrected chi connectivity index (χ2v) is 4.90. The van der Waals surface area contributed by atoms with Crippen LogP contribution in [0.15, 0.2) is 30.3 Å². The first kappa shape index (κ1) is 15.2. The monoisotopic (exact) mass is 299 g/mol. The molecule has 0 saturated carbocycles. The maximum Gasteiger partial charge on any atom is 0.410 e. The van der Waals surface area contributed by atoms with Crippen molar-refractivity contribution in [2.24, 2.45) is 5.92 Å². The van der Waals surface area contributed by atoms with E-state index in [0.29, 0.717) is 0 Å². The second-order valence-electron chi connectivity index (χ2n) is 4.90. The Bertz CT molecular complexity index is 521. The molecule has 1 aromatic carbocycles. The number of amides is 1. The quantitative estimate of drug-likeness (QED) is 0.927. The predicted octanol–water partition coefficient (Wildman–Crippen LogP) is 2.37. The fourth-order valence-corrected chi connectivity index (χ4v) is 2.21. The lowest BCUT2D eigenvalue weighted by Gasteiger charge is -2.19. The molecular weight excluding hydrogens is 284 g/mol. The smallest absolute Gasteiger partial charge is 0.410 e. The molecule has 0 aromatic heterocycles. The number of aliphatic carboxylic acids is 1. The van der Waals surface area contributed by atoms with E-state index in [0.717, 1.165) is 10.5 Å². The van der Waals surface area contributed by atoms with Gasteiger partial charge >= 0.3 is 18.0 Å². The predicted molar refractivity (Wildman–Crippen MR) is 68.9 cm³/mol. The van der Waals surface area contributed by atoms with Crippen LogP contribution in [0.3, 0.4) is 0 Å². The molecule has 21 heavy (non-hydrogen) atoms. The summed E-state index contributed by atoms with van der Waals surface area (Å²) in [4.78, 5) is 23.4. The van der Waals surface area contributed by atoms with Gasteiger partial charge in [0.25, 0.3) is 0 Å². The van der Waals surface area contributed by atoms with Crippen LogP contribution in [0.4, 0.5) is 13.6 Å². The Balaban J connectivity index is 1.87. The number of likely N-dealkylation sites (tertiary alicyclic amines) is 1. The number of benzene rings is 1. The molecule has 0 aliphatic carbocycles. The average molecular weight is 299 g/mol. The Kier molecular flexibility index (Phi) is 4.40. The van der Waals surface area contributed by atoms with Crippen molar-refractivity contribution in [1.82, 2.24) is 4.90 Å². The average Bonchev–Trinajstić information content (AvgIpc) is 2.96. The van der Waals surface area contributed by atoms with Gasteiger partial charge in [-0.2, -0.15) is 8.78 Å². The highest BCUT2D eigenvalue weighted by molar-refractivity contribution is 5.76. The number of rotatable bonds is 4. The van der Waals surface area contributed by atoms with Crippen LogP contribution >= 0.6 is 0 Å². The summed E-state index contributed by atoms with van der Waals surface area (Å²) in [5, 5.41) is 8.49. The first-order chi connectivity index (χ1) is 9.91. The zero-order valence-electron chi connectivity index (χ0n) is 11.2. The highest BCUT2D eigenvalue weighted by atomic mass is 19.3. The lowest BCUT2D eigenvalue weighted by Crippen LogP contribution is -2.39. The molecule has 1 amide bonds. The van der Waals surface area contributed by atoms with Crippen LogP contribution in [-0.2, 0) is 16.1 Å². The molecule has 1 aliphatic heterocycles. The lowest BCUT2D eigenvalue weighted by atomic mass is 10.0. The van der Waals surface area contributed by atoms with E-state index in [4.69, 9.17) is 9.84 Å². The van der Waals surface area contributed by atoms with Gasteiger partial charge in [-0.1, -0.05) is 30.3 Å². The number of nitrogens with zero attached hydrogens (tertiary/aromatic N) is 1. The Morgan fingerprint density at radius 1 is 1.33 bits per heavy atom. The molecule has 1 N–H and O–H groups in total. The van der Waals surface area contributed by atoms with Crippen molar-refractivity contribution < 1.29 is 28.2 Å². The van der Waals surface area contributed by atoms with Crippen LogP contribution in [0, 0.1) is 5.92 Å². The molecule has 1 aliphatic rings. The van der Waals surface area contributed by atoms with Gasteiger partial charge in [0.05, 0.1) is 5.92 Å². The summed E-state index contributed by atoms with van der Waals surface area (Å²) in [7, 11) is 0. The summed E-state index contributed by atoms with van der Waals surface area (Å²) < 4.78 is 31.7. The Morgan fingerprint density at radius 2 is 2.00 bits per heavy atom. The Labute approximate surface area is 120 Å². The molecule has 0 bridgehead atoms. The van der Waals surface area contributed by atoms with Crippen LogP contribution in [0.2, 0.25) is 0 Å². The highest BCUT2D eigenvalue weighted by Gasteiger charge is 2.50. The number of hydrogen-bond donors (Lipinski definition) is 1. The molecule has 7 heteroatoms. The van der Waals surface area contributed by atoms with E-state index in [9.17, 15) is 18.4 Å². The fourth-order valence-electron chi connectivity index (χ4n) is 2.21. The van der Waals surface area contributed by atoms with Crippen LogP contribution in [0.5, 0.6) is 0 Å². The Morgan fingerprint density at radius 3 is 2.62 bits per heavy atom. The third-order valence-corrected chi connectivity index (χ3v) is 3.45. The van der Waals surface area contributed by atoms with E-state index < -0.39 is 23.9 Å². The summed E-state index contributed by atoms with van der Waals surface area (Å²) >= 11 is 0. The summed E-state index contributed by atoms with van der Waals surface area (Å²) in [6.07, 6.45) is -0.762. The lowest BCUT2D eigenvalue weighted by molar-refractivity contribution is -0.172. The number of carbonyl (C=O) groups excluding carboxylic acids is 1. The summed E-state index contributed by atoms with van der Waals surface area (Å²) in [5.41, 5.74) is 0.789. The number of carboxylic acid groups (broad SMARTS) is 1. The molecular formula is C14H15F2NO4. The molecule has 1 saturated heterocycles. The summed E-state index contributed by atoms with van der Waals surface area (Å²) in [6.45, 7) is -0.190. The van der Waals surface area contributed by atoms with Crippen LogP contribution in [-0.4, -0.2) is 41.1 Å². The number of carboxylic acids is 1. The van der Waals surface area contributed by atoms with Crippen molar-refractivity contribution >= 4 is 12.1 Å². The van der Waals surface area contributed by atoms with Crippen molar-refractivity contribution in [2.75, 3.05) is 13.1 Å². The van der Waals surface area contributed by atoms with Gasteiger partial charge in [0.1, 0.15) is 6.61 Å². The minimum atomic E-state index is -3.82. The highest BCUT2D eigenvalue weighted by Crippen LogP contribution is 2.32. The topological polar surface area (TPSA) is 66.8 Å². The van der Waals surface area contributed by atoms with E-state index in [1.54, 1.807) is 24.3 Å². The molecule has 1 aromatic rings. The maximum atomic E-state index is 13.4. The van der Waals surface area contributed by atoms with Crippen molar-refractivity contribution in [2.45, 2.75) is 19.0 Å². The van der Waals surface area contributed by atoms with Gasteiger partial charge in [0, 0.05) is 13.1 Å². The number of ether oxygens (including phenoxy) is 1. The van der Waals surface area contributed by atoms with Gasteiger partial charge in [-0.3, -0.25) is 0 Å². The largest absolute Gasteiger partial charge is 0.477 e. The minimum absolute atomic E-state index is 0.0517. The number of alkyl halides is 2. The van der Waals surface area contributed by atoms with E-state index >= 15 is 0 Å². The fraction of sp³-hybridized carbons (Fsp3) is 0.429. The van der Waals surface area contributed by atoms with E-state index in [1.165, 1.54) is 0 Å². The molecule has 114 valence electrons. The Hall–Kier alpha value is -2.18. The number of hydrogen-bond acceptors (Lipinski definition) is 3. The van der Waals surface area contributed by atoms with Crippen LogP contribution in [0.1, 0.15) is 12.0 Å². The SMILES string of the molecule is O=C(OCc1ccccc1)N1CCC(C(F)(F)C(=O)O)C1. The molecule has 0 radical (unpaired) electrons. The van der Waals surface area contributed by atoms with E-state index in [2.05, 4.69) is 0 Å². The molecule has 0 spiro atoms. The molecule has 1 heterocycles.